The van der Waals surface area contributed by atoms with Crippen LogP contribution in [0.3, 0.4) is 0 Å². The van der Waals surface area contributed by atoms with Gasteiger partial charge in [0.25, 0.3) is 0 Å². The van der Waals surface area contributed by atoms with Gasteiger partial charge in [-0.1, -0.05) is 12.1 Å². The van der Waals surface area contributed by atoms with E-state index in [2.05, 4.69) is 20.4 Å². The molecule has 2 heterocycles. The standard InChI is InChI=1S/C19H26N4O3S/c1-13-21-22-19(27-13)12-23-9-8-17(24)16(11-23)20-18(25)7-6-14-4-3-5-15(10-14)26-2/h3-5,10,16-17,24H,6-9,11-12H2,1-2H3,(H,20,25)/t16-,17-/m1/s1. The van der Waals surface area contributed by atoms with E-state index in [0.717, 1.165) is 27.9 Å². The van der Waals surface area contributed by atoms with E-state index in [-0.39, 0.29) is 11.9 Å². The highest BCUT2D eigenvalue weighted by atomic mass is 32.1. The normalized spacial score (nSPS) is 20.4. The monoisotopic (exact) mass is 390 g/mol. The summed E-state index contributed by atoms with van der Waals surface area (Å²) in [6.07, 6.45) is 1.14. The second kappa shape index (κ2) is 9.25. The summed E-state index contributed by atoms with van der Waals surface area (Å²) in [4.78, 5) is 14.6. The lowest BCUT2D eigenvalue weighted by Gasteiger charge is -2.36. The molecule has 2 atom stereocenters. The highest BCUT2D eigenvalue weighted by Crippen LogP contribution is 2.17. The number of aliphatic hydroxyl groups excluding tert-OH is 1. The van der Waals surface area contributed by atoms with Gasteiger partial charge in [0.15, 0.2) is 0 Å². The Kier molecular flexibility index (Phi) is 6.76. The minimum absolute atomic E-state index is 0.0459. The van der Waals surface area contributed by atoms with Crippen molar-refractivity contribution in [3.8, 4) is 5.75 Å². The smallest absolute Gasteiger partial charge is 0.220 e. The zero-order valence-electron chi connectivity index (χ0n) is 15.7. The van der Waals surface area contributed by atoms with Crippen molar-refractivity contribution in [2.75, 3.05) is 20.2 Å². The third-order valence-corrected chi connectivity index (χ3v) is 5.53. The summed E-state index contributed by atoms with van der Waals surface area (Å²) in [6, 6.07) is 7.47. The van der Waals surface area contributed by atoms with Gasteiger partial charge >= 0.3 is 0 Å². The van der Waals surface area contributed by atoms with Gasteiger partial charge in [-0.15, -0.1) is 21.5 Å². The average Bonchev–Trinajstić information content (AvgIpc) is 3.07. The van der Waals surface area contributed by atoms with E-state index in [1.807, 2.05) is 31.2 Å². The molecule has 27 heavy (non-hydrogen) atoms. The number of aliphatic hydroxyl groups is 1. The fourth-order valence-electron chi connectivity index (χ4n) is 3.25. The Morgan fingerprint density at radius 2 is 2.30 bits per heavy atom. The molecule has 1 aromatic heterocycles. The molecular formula is C19H26N4O3S. The summed E-state index contributed by atoms with van der Waals surface area (Å²) >= 11 is 1.58. The minimum Gasteiger partial charge on any atom is -0.497 e. The van der Waals surface area contributed by atoms with Crippen LogP contribution < -0.4 is 10.1 Å². The van der Waals surface area contributed by atoms with Crippen molar-refractivity contribution in [2.45, 2.75) is 44.9 Å². The molecule has 1 aromatic carbocycles. The zero-order valence-corrected chi connectivity index (χ0v) is 16.5. The van der Waals surface area contributed by atoms with E-state index in [9.17, 15) is 9.90 Å². The summed E-state index contributed by atoms with van der Waals surface area (Å²) in [5.41, 5.74) is 1.06. The van der Waals surface area contributed by atoms with Gasteiger partial charge in [0, 0.05) is 19.5 Å². The van der Waals surface area contributed by atoms with Crippen molar-refractivity contribution in [3.63, 3.8) is 0 Å². The average molecular weight is 391 g/mol. The van der Waals surface area contributed by atoms with Crippen LogP contribution in [0.25, 0.3) is 0 Å². The highest BCUT2D eigenvalue weighted by molar-refractivity contribution is 7.11. The van der Waals surface area contributed by atoms with Crippen molar-refractivity contribution in [1.29, 1.82) is 0 Å². The Morgan fingerprint density at radius 3 is 3.04 bits per heavy atom. The van der Waals surface area contributed by atoms with Crippen molar-refractivity contribution >= 4 is 17.2 Å². The Hall–Kier alpha value is -2.03. The Balaban J connectivity index is 1.49. The summed E-state index contributed by atoms with van der Waals surface area (Å²) in [7, 11) is 1.63. The van der Waals surface area contributed by atoms with Crippen LogP contribution >= 0.6 is 11.3 Å². The third-order valence-electron chi connectivity index (χ3n) is 4.71. The third kappa shape index (κ3) is 5.72. The summed E-state index contributed by atoms with van der Waals surface area (Å²) in [6.45, 7) is 4.04. The molecule has 8 heteroatoms. The first kappa shape index (κ1) is 19.7. The predicted molar refractivity (Wildman–Crippen MR) is 104 cm³/mol. The van der Waals surface area contributed by atoms with E-state index in [1.54, 1.807) is 18.4 Å². The summed E-state index contributed by atoms with van der Waals surface area (Å²) in [5, 5.41) is 23.4. The number of amides is 1. The quantitative estimate of drug-likeness (QED) is 0.746. The molecule has 1 saturated heterocycles. The second-order valence-corrected chi connectivity index (χ2v) is 8.10. The fraction of sp³-hybridized carbons (Fsp3) is 0.526. The molecule has 0 bridgehead atoms. The SMILES string of the molecule is COc1cccc(CCC(=O)N[C@@H]2CN(Cc3nnc(C)s3)CC[C@H]2O)c1. The number of rotatable bonds is 7. The van der Waals surface area contributed by atoms with Gasteiger partial charge in [0.2, 0.25) is 5.91 Å². The number of benzene rings is 1. The number of hydrogen-bond acceptors (Lipinski definition) is 7. The van der Waals surface area contributed by atoms with Crippen LogP contribution in [-0.4, -0.2) is 58.5 Å². The molecule has 146 valence electrons. The van der Waals surface area contributed by atoms with Gasteiger partial charge in [-0.05, 0) is 37.5 Å². The van der Waals surface area contributed by atoms with Crippen LogP contribution in [-0.2, 0) is 17.8 Å². The Morgan fingerprint density at radius 1 is 1.44 bits per heavy atom. The lowest BCUT2D eigenvalue weighted by atomic mass is 10.0. The first-order valence-electron chi connectivity index (χ1n) is 9.15. The molecule has 0 radical (unpaired) electrons. The lowest BCUT2D eigenvalue weighted by Crippen LogP contribution is -2.54. The van der Waals surface area contributed by atoms with E-state index in [4.69, 9.17) is 4.74 Å². The maximum Gasteiger partial charge on any atom is 0.220 e. The number of carbonyl (C=O) groups is 1. The van der Waals surface area contributed by atoms with Crippen LogP contribution in [0.15, 0.2) is 24.3 Å². The molecule has 2 aromatic rings. The predicted octanol–water partition coefficient (Wildman–Crippen LogP) is 1.54. The molecule has 7 nitrogen and oxygen atoms in total. The molecule has 1 aliphatic rings. The maximum atomic E-state index is 12.4. The highest BCUT2D eigenvalue weighted by Gasteiger charge is 2.29. The minimum atomic E-state index is -0.516. The van der Waals surface area contributed by atoms with Gasteiger partial charge < -0.3 is 15.2 Å². The van der Waals surface area contributed by atoms with Crippen LogP contribution in [0.5, 0.6) is 5.75 Å². The molecule has 3 rings (SSSR count). The second-order valence-electron chi connectivity index (χ2n) is 6.83. The Labute approximate surface area is 163 Å². The van der Waals surface area contributed by atoms with Crippen molar-refractivity contribution in [1.82, 2.24) is 20.4 Å². The number of aromatic nitrogens is 2. The van der Waals surface area contributed by atoms with Gasteiger partial charge in [0.1, 0.15) is 15.8 Å². The molecule has 1 amide bonds. The van der Waals surface area contributed by atoms with Crippen LogP contribution in [0.1, 0.15) is 28.4 Å². The molecule has 0 unspecified atom stereocenters. The van der Waals surface area contributed by atoms with Crippen molar-refractivity contribution in [3.05, 3.63) is 39.8 Å². The number of piperidine rings is 1. The van der Waals surface area contributed by atoms with E-state index >= 15 is 0 Å². The number of hydrogen-bond donors (Lipinski definition) is 2. The first-order chi connectivity index (χ1) is 13.0. The van der Waals surface area contributed by atoms with E-state index in [0.29, 0.717) is 32.4 Å². The van der Waals surface area contributed by atoms with Crippen molar-refractivity contribution in [2.24, 2.45) is 0 Å². The Bertz CT molecular complexity index is 767. The van der Waals surface area contributed by atoms with Crippen LogP contribution in [0.4, 0.5) is 0 Å². The fourth-order valence-corrected chi connectivity index (χ4v) is 4.00. The van der Waals surface area contributed by atoms with E-state index < -0.39 is 6.10 Å². The number of ether oxygens (including phenoxy) is 1. The molecule has 0 aliphatic carbocycles. The van der Waals surface area contributed by atoms with Gasteiger partial charge in [-0.3, -0.25) is 9.69 Å². The first-order valence-corrected chi connectivity index (χ1v) is 9.97. The van der Waals surface area contributed by atoms with Crippen LogP contribution in [0, 0.1) is 6.92 Å². The maximum absolute atomic E-state index is 12.4. The molecule has 1 aliphatic heterocycles. The lowest BCUT2D eigenvalue weighted by molar-refractivity contribution is -0.123. The topological polar surface area (TPSA) is 87.6 Å². The van der Waals surface area contributed by atoms with Gasteiger partial charge in [-0.2, -0.15) is 0 Å². The van der Waals surface area contributed by atoms with Gasteiger partial charge in [0.05, 0.1) is 25.8 Å². The zero-order chi connectivity index (χ0) is 19.2. The van der Waals surface area contributed by atoms with Gasteiger partial charge in [-0.25, -0.2) is 0 Å². The summed E-state index contributed by atoms with van der Waals surface area (Å²) in [5.74, 6) is 0.744. The number of nitrogens with zero attached hydrogens (tertiary/aromatic N) is 3. The molecule has 1 fully saturated rings. The van der Waals surface area contributed by atoms with Crippen LogP contribution in [0.2, 0.25) is 0 Å². The number of carbonyl (C=O) groups excluding carboxylic acids is 1. The molecule has 0 saturated carbocycles. The molecule has 0 spiro atoms. The number of likely N-dealkylation sites (tertiary alicyclic amines) is 1. The van der Waals surface area contributed by atoms with Crippen molar-refractivity contribution < 1.29 is 14.6 Å². The molecule has 2 N–H and O–H groups in total. The molecular weight excluding hydrogens is 364 g/mol. The number of aryl methyl sites for hydroxylation is 2. The largest absolute Gasteiger partial charge is 0.497 e. The number of methoxy groups -OCH3 is 1. The number of nitrogens with one attached hydrogen (secondary N) is 1. The van der Waals surface area contributed by atoms with E-state index in [1.165, 1.54) is 0 Å². The summed E-state index contributed by atoms with van der Waals surface area (Å²) < 4.78 is 5.21.